The summed E-state index contributed by atoms with van der Waals surface area (Å²) in [5.41, 5.74) is 5.07. The van der Waals surface area contributed by atoms with E-state index in [0.29, 0.717) is 10.6 Å². The Bertz CT molecular complexity index is 1660. The molecule has 0 atom stereocenters. The number of benzene rings is 3. The second-order valence-corrected chi connectivity index (χ2v) is 9.14. The number of hydrogen-bond acceptors (Lipinski definition) is 4. The van der Waals surface area contributed by atoms with Crippen LogP contribution in [0.3, 0.4) is 0 Å². The summed E-state index contributed by atoms with van der Waals surface area (Å²) in [7, 11) is 1.48. The van der Waals surface area contributed by atoms with Gasteiger partial charge >= 0.3 is 0 Å². The van der Waals surface area contributed by atoms with Gasteiger partial charge in [0.2, 0.25) is 11.7 Å². The van der Waals surface area contributed by atoms with Gasteiger partial charge in [0, 0.05) is 41.0 Å². The molecule has 0 bridgehead atoms. The molecule has 0 radical (unpaired) electrons. The van der Waals surface area contributed by atoms with Crippen LogP contribution in [0.25, 0.3) is 16.8 Å². The minimum absolute atomic E-state index is 0.00708. The Kier molecular flexibility index (Phi) is 7.64. The minimum Gasteiger partial charge on any atom is -0.508 e. The van der Waals surface area contributed by atoms with Crippen LogP contribution in [0, 0.1) is 18.6 Å². The number of ketones is 1. The lowest BCUT2D eigenvalue weighted by molar-refractivity contribution is -0.113. The number of aromatic nitrogens is 1. The van der Waals surface area contributed by atoms with Crippen molar-refractivity contribution >= 4 is 34.9 Å². The quantitative estimate of drug-likeness (QED) is 0.219. The van der Waals surface area contributed by atoms with Crippen LogP contribution in [0.2, 0.25) is 5.02 Å². The van der Waals surface area contributed by atoms with Gasteiger partial charge in [0.05, 0.1) is 17.0 Å². The highest BCUT2D eigenvalue weighted by Gasteiger charge is 2.30. The Labute approximate surface area is 227 Å². The molecule has 1 heterocycles. The fourth-order valence-corrected chi connectivity index (χ4v) is 4.41. The van der Waals surface area contributed by atoms with E-state index >= 15 is 4.39 Å². The third-order valence-corrected chi connectivity index (χ3v) is 6.27. The first-order valence-corrected chi connectivity index (χ1v) is 11.9. The highest BCUT2D eigenvalue weighted by molar-refractivity contribution is 6.30. The molecular formula is C29H22ClF2N3O4. The van der Waals surface area contributed by atoms with Gasteiger partial charge in [-0.1, -0.05) is 23.7 Å². The number of nitrogens with two attached hydrogens (primary N) is 1. The number of halogens is 3. The van der Waals surface area contributed by atoms with Crippen LogP contribution in [0.5, 0.6) is 5.75 Å². The van der Waals surface area contributed by atoms with Gasteiger partial charge in [0.25, 0.3) is 5.91 Å². The van der Waals surface area contributed by atoms with Crippen LogP contribution < -0.4 is 11.1 Å². The molecule has 198 valence electrons. The van der Waals surface area contributed by atoms with Gasteiger partial charge in [-0.2, -0.15) is 0 Å². The number of aryl methyl sites for hydroxylation is 1. The van der Waals surface area contributed by atoms with Gasteiger partial charge < -0.3 is 20.7 Å². The number of rotatable bonds is 7. The Morgan fingerprint density at radius 1 is 0.974 bits per heavy atom. The monoisotopic (exact) mass is 549 g/mol. The molecule has 39 heavy (non-hydrogen) atoms. The zero-order chi connectivity index (χ0) is 28.4. The van der Waals surface area contributed by atoms with E-state index in [1.165, 1.54) is 55.1 Å². The normalized spacial score (nSPS) is 11.4. The lowest BCUT2D eigenvalue weighted by Crippen LogP contribution is -2.24. The smallest absolute Gasteiger partial charge is 0.257 e. The average molecular weight is 550 g/mol. The number of aromatic hydroxyl groups is 1. The molecule has 0 saturated heterocycles. The molecule has 0 fully saturated rings. The van der Waals surface area contributed by atoms with Gasteiger partial charge in [-0.05, 0) is 66.6 Å². The zero-order valence-corrected chi connectivity index (χ0v) is 21.5. The van der Waals surface area contributed by atoms with Crippen LogP contribution in [-0.4, -0.2) is 27.3 Å². The maximum atomic E-state index is 15.3. The summed E-state index contributed by atoms with van der Waals surface area (Å²) < 4.78 is 31.2. The highest BCUT2D eigenvalue weighted by atomic mass is 35.5. The molecule has 0 aliphatic rings. The fraction of sp³-hybridized carbons (Fsp3) is 0.0690. The van der Waals surface area contributed by atoms with Crippen molar-refractivity contribution in [3.63, 3.8) is 0 Å². The Hall–Kier alpha value is -4.76. The molecule has 0 aliphatic carbocycles. The summed E-state index contributed by atoms with van der Waals surface area (Å²) in [5, 5.41) is 12.5. The number of nitrogens with one attached hydrogen (secondary N) is 1. The minimum atomic E-state index is -0.853. The summed E-state index contributed by atoms with van der Waals surface area (Å²) in [6.07, 6.45) is 2.30. The average Bonchev–Trinajstić information content (AvgIpc) is 3.22. The van der Waals surface area contributed by atoms with Crippen molar-refractivity contribution in [3.05, 3.63) is 118 Å². The van der Waals surface area contributed by atoms with Gasteiger partial charge in [-0.15, -0.1) is 0 Å². The maximum absolute atomic E-state index is 15.3. The van der Waals surface area contributed by atoms with Crippen molar-refractivity contribution in [2.45, 2.75) is 6.92 Å². The van der Waals surface area contributed by atoms with Crippen LogP contribution in [0.15, 0.2) is 72.9 Å². The van der Waals surface area contributed by atoms with E-state index in [2.05, 4.69) is 5.32 Å². The number of phenols is 1. The molecule has 4 aromatic rings. The Balaban J connectivity index is 1.93. The predicted molar refractivity (Wildman–Crippen MR) is 143 cm³/mol. The first-order valence-electron chi connectivity index (χ1n) is 11.5. The second kappa shape index (κ2) is 10.9. The molecular weight excluding hydrogens is 528 g/mol. The molecule has 7 nitrogen and oxygen atoms in total. The van der Waals surface area contributed by atoms with Crippen molar-refractivity contribution in [2.24, 2.45) is 12.8 Å². The third kappa shape index (κ3) is 5.58. The summed E-state index contributed by atoms with van der Waals surface area (Å²) in [5.74, 6) is -3.93. The number of hydrogen-bond donors (Lipinski definition) is 3. The van der Waals surface area contributed by atoms with E-state index in [1.54, 1.807) is 18.2 Å². The van der Waals surface area contributed by atoms with E-state index < -0.39 is 29.2 Å². The van der Waals surface area contributed by atoms with Crippen molar-refractivity contribution < 1.29 is 28.3 Å². The predicted octanol–water partition coefficient (Wildman–Crippen LogP) is 5.12. The standard InChI is InChI=1S/C29H22ClF2N3O4/c1-15-21(31)10-11-22(32)25(15)26-20(14-35(2)27(26)28(38)16-6-8-19(36)9-7-16)29(39)34-23(13-24(33)37)17-4-3-5-18(30)12-17/h3-14,36H,1-2H3,(H2,33,37)(H,34,39). The molecule has 0 aliphatic heterocycles. The number of nitrogens with zero attached hydrogens (tertiary/aromatic N) is 1. The lowest BCUT2D eigenvalue weighted by atomic mass is 9.93. The molecule has 0 unspecified atom stereocenters. The lowest BCUT2D eigenvalue weighted by Gasteiger charge is -2.14. The van der Waals surface area contributed by atoms with E-state index in [9.17, 15) is 23.9 Å². The SMILES string of the molecule is Cc1c(F)ccc(F)c1-c1c(C(=O)NC(=CC(N)=O)c2cccc(Cl)c2)cn(C)c1C(=O)c1ccc(O)cc1. The molecule has 10 heteroatoms. The van der Waals surface area contributed by atoms with Crippen LogP contribution in [0.4, 0.5) is 8.78 Å². The van der Waals surface area contributed by atoms with E-state index in [-0.39, 0.29) is 45.0 Å². The summed E-state index contributed by atoms with van der Waals surface area (Å²) in [4.78, 5) is 39.0. The number of carbonyl (C=O) groups excluding carboxylic acids is 3. The van der Waals surface area contributed by atoms with E-state index in [4.69, 9.17) is 17.3 Å². The number of amides is 2. The highest BCUT2D eigenvalue weighted by Crippen LogP contribution is 2.36. The number of phenolic OH excluding ortho intramolecular Hbond substituents is 1. The fourth-order valence-electron chi connectivity index (χ4n) is 4.21. The van der Waals surface area contributed by atoms with Crippen molar-refractivity contribution in [2.75, 3.05) is 0 Å². The third-order valence-electron chi connectivity index (χ3n) is 6.04. The van der Waals surface area contributed by atoms with Crippen LogP contribution in [0.1, 0.15) is 37.5 Å². The van der Waals surface area contributed by atoms with Crippen molar-refractivity contribution in [1.82, 2.24) is 9.88 Å². The number of carbonyl (C=O) groups is 3. The van der Waals surface area contributed by atoms with E-state index in [0.717, 1.165) is 18.2 Å². The summed E-state index contributed by atoms with van der Waals surface area (Å²) >= 11 is 6.07. The van der Waals surface area contributed by atoms with Gasteiger partial charge in [-0.3, -0.25) is 14.4 Å². The molecule has 0 spiro atoms. The van der Waals surface area contributed by atoms with Crippen LogP contribution in [-0.2, 0) is 11.8 Å². The first-order chi connectivity index (χ1) is 18.5. The van der Waals surface area contributed by atoms with Gasteiger partial charge in [-0.25, -0.2) is 8.78 Å². The maximum Gasteiger partial charge on any atom is 0.257 e. The molecule has 2 amide bonds. The molecule has 0 saturated carbocycles. The van der Waals surface area contributed by atoms with Crippen molar-refractivity contribution in [1.29, 1.82) is 0 Å². The Morgan fingerprint density at radius 3 is 2.28 bits per heavy atom. The van der Waals surface area contributed by atoms with Gasteiger partial charge in [0.15, 0.2) is 0 Å². The second-order valence-electron chi connectivity index (χ2n) is 8.71. The van der Waals surface area contributed by atoms with Crippen LogP contribution >= 0.6 is 11.6 Å². The summed E-state index contributed by atoms with van der Waals surface area (Å²) in [6.45, 7) is 1.33. The topological polar surface area (TPSA) is 114 Å². The molecule has 4 N–H and O–H groups in total. The molecule has 4 rings (SSSR count). The molecule has 1 aromatic heterocycles. The zero-order valence-electron chi connectivity index (χ0n) is 20.8. The van der Waals surface area contributed by atoms with E-state index in [1.807, 2.05) is 0 Å². The summed E-state index contributed by atoms with van der Waals surface area (Å²) in [6, 6.07) is 13.5. The number of primary amides is 1. The Morgan fingerprint density at radius 2 is 1.64 bits per heavy atom. The largest absolute Gasteiger partial charge is 0.508 e. The van der Waals surface area contributed by atoms with Crippen molar-refractivity contribution in [3.8, 4) is 16.9 Å². The molecule has 3 aromatic carbocycles. The van der Waals surface area contributed by atoms with Gasteiger partial charge in [0.1, 0.15) is 17.4 Å². The first kappa shape index (κ1) is 27.3.